The number of hydrogen-bond donors (Lipinski definition) is 1. The summed E-state index contributed by atoms with van der Waals surface area (Å²) in [5.41, 5.74) is 2.90. The highest BCUT2D eigenvalue weighted by Gasteiger charge is 2.34. The second kappa shape index (κ2) is 13.5. The third-order valence-corrected chi connectivity index (χ3v) is 8.54. The Hall–Kier alpha value is -3.07. The minimum Gasteiger partial charge on any atom is -0.352 e. The first kappa shape index (κ1) is 31.5. The second-order valence-corrected chi connectivity index (χ2v) is 12.8. The highest BCUT2D eigenvalue weighted by Crippen LogP contribution is 2.30. The van der Waals surface area contributed by atoms with E-state index in [9.17, 15) is 18.0 Å². The quantitative estimate of drug-likeness (QED) is 0.285. The number of carbonyl (C=O) groups is 2. The van der Waals surface area contributed by atoms with Gasteiger partial charge in [0.15, 0.2) is 0 Å². The molecule has 1 N–H and O–H groups in total. The number of anilines is 1. The van der Waals surface area contributed by atoms with E-state index in [0.29, 0.717) is 6.42 Å². The number of rotatable bonds is 11. The molecule has 40 heavy (non-hydrogen) atoms. The molecule has 214 valence electrons. The van der Waals surface area contributed by atoms with Crippen molar-refractivity contribution in [1.82, 2.24) is 10.2 Å². The molecule has 0 saturated heterocycles. The summed E-state index contributed by atoms with van der Waals surface area (Å²) >= 11 is 12.5. The van der Waals surface area contributed by atoms with E-state index in [2.05, 4.69) is 5.32 Å². The molecule has 0 aromatic heterocycles. The third-order valence-electron chi connectivity index (χ3n) is 6.31. The Bertz CT molecular complexity index is 1420. The van der Waals surface area contributed by atoms with E-state index in [1.807, 2.05) is 58.9 Å². The monoisotopic (exact) mass is 603 g/mol. The molecule has 0 aliphatic carbocycles. The molecule has 0 bridgehead atoms. The van der Waals surface area contributed by atoms with Crippen LogP contribution in [0.3, 0.4) is 0 Å². The van der Waals surface area contributed by atoms with E-state index < -0.39 is 28.5 Å². The summed E-state index contributed by atoms with van der Waals surface area (Å²) in [4.78, 5) is 28.7. The Morgan fingerprint density at radius 1 is 0.875 bits per heavy atom. The summed E-state index contributed by atoms with van der Waals surface area (Å²) in [6.07, 6.45) is 0.337. The molecule has 2 amide bonds. The van der Waals surface area contributed by atoms with Crippen molar-refractivity contribution in [2.75, 3.05) is 10.8 Å². The smallest absolute Gasteiger partial charge is 0.264 e. The van der Waals surface area contributed by atoms with Gasteiger partial charge < -0.3 is 10.2 Å². The van der Waals surface area contributed by atoms with Crippen LogP contribution in [0.4, 0.5) is 5.69 Å². The fraction of sp³-hybridized carbons (Fsp3) is 0.333. The van der Waals surface area contributed by atoms with Gasteiger partial charge in [-0.2, -0.15) is 0 Å². The molecule has 3 rings (SSSR count). The Morgan fingerprint density at radius 2 is 1.40 bits per heavy atom. The minimum atomic E-state index is -4.22. The SMILES string of the molecule is CC[C@H](C(=O)NC(C)C)N(Cc1ccc(C)cc1)C(=O)CN(c1cc(Cl)cc(Cl)c1)S(=O)(=O)c1ccc(C)cc1. The number of sulfonamides is 1. The highest BCUT2D eigenvalue weighted by atomic mass is 35.5. The first-order valence-corrected chi connectivity index (χ1v) is 15.2. The Kier molecular flexibility index (Phi) is 10.6. The van der Waals surface area contributed by atoms with Gasteiger partial charge in [0.2, 0.25) is 11.8 Å². The molecule has 0 aliphatic rings. The summed E-state index contributed by atoms with van der Waals surface area (Å²) in [7, 11) is -4.22. The molecule has 10 heteroatoms. The van der Waals surface area contributed by atoms with Crippen LogP contribution in [0.1, 0.15) is 43.9 Å². The summed E-state index contributed by atoms with van der Waals surface area (Å²) in [6.45, 7) is 8.87. The van der Waals surface area contributed by atoms with Crippen LogP contribution in [-0.4, -0.2) is 43.8 Å². The van der Waals surface area contributed by atoms with Crippen LogP contribution in [0, 0.1) is 13.8 Å². The van der Waals surface area contributed by atoms with Crippen molar-refractivity contribution in [3.8, 4) is 0 Å². The lowest BCUT2D eigenvalue weighted by atomic mass is 10.1. The molecular formula is C30H35Cl2N3O4S. The lowest BCUT2D eigenvalue weighted by molar-refractivity contribution is -0.140. The Morgan fingerprint density at radius 3 is 1.90 bits per heavy atom. The van der Waals surface area contributed by atoms with Gasteiger partial charge in [0.05, 0.1) is 10.6 Å². The number of hydrogen-bond acceptors (Lipinski definition) is 4. The maximum atomic E-state index is 14.1. The van der Waals surface area contributed by atoms with E-state index in [1.165, 1.54) is 35.2 Å². The maximum Gasteiger partial charge on any atom is 0.264 e. The van der Waals surface area contributed by atoms with Crippen molar-refractivity contribution in [3.05, 3.63) is 93.5 Å². The molecule has 0 aliphatic heterocycles. The zero-order valence-electron chi connectivity index (χ0n) is 23.3. The van der Waals surface area contributed by atoms with Gasteiger partial charge in [-0.1, -0.05) is 77.7 Å². The predicted molar refractivity (Wildman–Crippen MR) is 161 cm³/mol. The van der Waals surface area contributed by atoms with Crippen LogP contribution in [0.5, 0.6) is 0 Å². The normalized spacial score (nSPS) is 12.2. The standard InChI is InChI=1S/C30H35Cl2N3O4S/c1-6-28(30(37)33-20(2)3)34(18-23-11-7-21(4)8-12-23)29(36)19-35(26-16-24(31)15-25(32)17-26)40(38,39)27-13-9-22(5)10-14-27/h7-17,20,28H,6,18-19H2,1-5H3,(H,33,37)/t28-/m1/s1. The van der Waals surface area contributed by atoms with Crippen molar-refractivity contribution in [2.45, 2.75) is 64.6 Å². The van der Waals surface area contributed by atoms with Crippen LogP contribution in [0.2, 0.25) is 10.0 Å². The Labute approximate surface area is 247 Å². The molecule has 0 spiro atoms. The fourth-order valence-electron chi connectivity index (χ4n) is 4.24. The number of benzene rings is 3. The summed E-state index contributed by atoms with van der Waals surface area (Å²) in [5.74, 6) is -0.852. The van der Waals surface area contributed by atoms with Crippen LogP contribution in [-0.2, 0) is 26.2 Å². The van der Waals surface area contributed by atoms with Crippen molar-refractivity contribution < 1.29 is 18.0 Å². The molecule has 3 aromatic carbocycles. The summed E-state index contributed by atoms with van der Waals surface area (Å²) in [5, 5.41) is 3.33. The number of aryl methyl sites for hydroxylation is 2. The number of halogens is 2. The average molecular weight is 605 g/mol. The summed E-state index contributed by atoms with van der Waals surface area (Å²) < 4.78 is 28.9. The first-order valence-electron chi connectivity index (χ1n) is 13.0. The number of nitrogens with one attached hydrogen (secondary N) is 1. The van der Waals surface area contributed by atoms with Crippen LogP contribution >= 0.6 is 23.2 Å². The van der Waals surface area contributed by atoms with Gasteiger partial charge in [0, 0.05) is 22.6 Å². The second-order valence-electron chi connectivity index (χ2n) is 10.0. The maximum absolute atomic E-state index is 14.1. The lowest BCUT2D eigenvalue weighted by Gasteiger charge is -2.33. The van der Waals surface area contributed by atoms with Crippen LogP contribution in [0.25, 0.3) is 0 Å². The average Bonchev–Trinajstić information content (AvgIpc) is 2.87. The third kappa shape index (κ3) is 7.99. The van der Waals surface area contributed by atoms with Gasteiger partial charge in [-0.05, 0) is 70.0 Å². The molecule has 0 heterocycles. The fourth-order valence-corrected chi connectivity index (χ4v) is 6.15. The topological polar surface area (TPSA) is 86.8 Å². The van der Waals surface area contributed by atoms with E-state index in [-0.39, 0.29) is 39.1 Å². The summed E-state index contributed by atoms with van der Waals surface area (Å²) in [6, 6.07) is 17.4. The number of nitrogens with zero attached hydrogens (tertiary/aromatic N) is 2. The van der Waals surface area contributed by atoms with E-state index in [0.717, 1.165) is 21.0 Å². The molecule has 1 atom stereocenters. The largest absolute Gasteiger partial charge is 0.352 e. The van der Waals surface area contributed by atoms with Crippen molar-refractivity contribution in [1.29, 1.82) is 0 Å². The molecule has 7 nitrogen and oxygen atoms in total. The molecule has 0 saturated carbocycles. The predicted octanol–water partition coefficient (Wildman–Crippen LogP) is 6.14. The number of amides is 2. The molecule has 3 aromatic rings. The first-order chi connectivity index (χ1) is 18.8. The van der Waals surface area contributed by atoms with Gasteiger partial charge in [0.1, 0.15) is 12.6 Å². The Balaban J connectivity index is 2.09. The van der Waals surface area contributed by atoms with E-state index in [4.69, 9.17) is 23.2 Å². The zero-order chi connectivity index (χ0) is 29.6. The van der Waals surface area contributed by atoms with Gasteiger partial charge >= 0.3 is 0 Å². The number of carbonyl (C=O) groups excluding carboxylic acids is 2. The lowest BCUT2D eigenvalue weighted by Crippen LogP contribution is -2.53. The van der Waals surface area contributed by atoms with Gasteiger partial charge in [0.25, 0.3) is 10.0 Å². The minimum absolute atomic E-state index is 0.0108. The van der Waals surface area contributed by atoms with Gasteiger partial charge in [-0.3, -0.25) is 13.9 Å². The van der Waals surface area contributed by atoms with Crippen molar-refractivity contribution in [2.24, 2.45) is 0 Å². The molecular weight excluding hydrogens is 569 g/mol. The van der Waals surface area contributed by atoms with Gasteiger partial charge in [-0.25, -0.2) is 8.42 Å². The van der Waals surface area contributed by atoms with Crippen molar-refractivity contribution in [3.63, 3.8) is 0 Å². The van der Waals surface area contributed by atoms with Crippen LogP contribution < -0.4 is 9.62 Å². The highest BCUT2D eigenvalue weighted by molar-refractivity contribution is 7.92. The van der Waals surface area contributed by atoms with E-state index >= 15 is 0 Å². The van der Waals surface area contributed by atoms with Crippen LogP contribution in [0.15, 0.2) is 71.6 Å². The molecule has 0 unspecified atom stereocenters. The van der Waals surface area contributed by atoms with Crippen molar-refractivity contribution >= 4 is 50.7 Å². The van der Waals surface area contributed by atoms with E-state index in [1.54, 1.807) is 12.1 Å². The molecule has 0 radical (unpaired) electrons. The van der Waals surface area contributed by atoms with Gasteiger partial charge in [-0.15, -0.1) is 0 Å². The zero-order valence-corrected chi connectivity index (χ0v) is 25.6. The molecule has 0 fully saturated rings.